The molecular formula is C16H24N4O3S. The first-order valence-corrected chi connectivity index (χ1v) is 9.56. The van der Waals surface area contributed by atoms with Gasteiger partial charge in [0.1, 0.15) is 5.76 Å². The maximum absolute atomic E-state index is 12.3. The number of nitrogens with one attached hydrogen (secondary N) is 2. The molecule has 3 heterocycles. The first-order valence-electron chi connectivity index (χ1n) is 8.41. The Hall–Kier alpha value is -1.54. The Bertz CT molecular complexity index is 578. The normalized spacial score (nSPS) is 23.6. The topological polar surface area (TPSA) is 87.5 Å². The van der Waals surface area contributed by atoms with Crippen LogP contribution < -0.4 is 10.6 Å². The largest absolute Gasteiger partial charge is 0.360 e. The van der Waals surface area contributed by atoms with Crippen LogP contribution in [0.3, 0.4) is 0 Å². The van der Waals surface area contributed by atoms with Crippen LogP contribution in [0.25, 0.3) is 0 Å². The number of aromatic nitrogens is 1. The van der Waals surface area contributed by atoms with E-state index in [1.54, 1.807) is 13.0 Å². The average molecular weight is 352 g/mol. The Morgan fingerprint density at radius 2 is 2.04 bits per heavy atom. The summed E-state index contributed by atoms with van der Waals surface area (Å²) in [5, 5.41) is 9.81. The molecule has 2 atom stereocenters. The average Bonchev–Trinajstić information content (AvgIpc) is 3.11. The van der Waals surface area contributed by atoms with Crippen molar-refractivity contribution < 1.29 is 14.1 Å². The van der Waals surface area contributed by atoms with E-state index in [1.807, 2.05) is 4.90 Å². The zero-order valence-corrected chi connectivity index (χ0v) is 14.7. The predicted molar refractivity (Wildman–Crippen MR) is 92.9 cm³/mol. The summed E-state index contributed by atoms with van der Waals surface area (Å²) in [7, 11) is 0. The van der Waals surface area contributed by atoms with E-state index in [9.17, 15) is 9.59 Å². The van der Waals surface area contributed by atoms with Gasteiger partial charge in [0, 0.05) is 19.2 Å². The summed E-state index contributed by atoms with van der Waals surface area (Å²) in [6.07, 6.45) is 2.17. The number of anilines is 1. The molecule has 0 aromatic carbocycles. The number of nitrogens with zero attached hydrogens (tertiary/aromatic N) is 2. The van der Waals surface area contributed by atoms with Crippen molar-refractivity contribution in [1.29, 1.82) is 0 Å². The van der Waals surface area contributed by atoms with Gasteiger partial charge in [-0.3, -0.25) is 9.59 Å². The van der Waals surface area contributed by atoms with Crippen LogP contribution in [0.4, 0.5) is 5.82 Å². The summed E-state index contributed by atoms with van der Waals surface area (Å²) < 4.78 is 4.89. The summed E-state index contributed by atoms with van der Waals surface area (Å²) in [4.78, 5) is 26.1. The molecule has 2 aliphatic heterocycles. The molecular weight excluding hydrogens is 328 g/mol. The Morgan fingerprint density at radius 1 is 1.33 bits per heavy atom. The number of hydrogen-bond acceptors (Lipinski definition) is 6. The highest BCUT2D eigenvalue weighted by atomic mass is 32.2. The standard InChI is InChI=1S/C16H24N4O3S/c1-11-6-14(19-23-11)18-15(21)9-24-10-16(22)20-4-2-12-7-17-8-13(12)3-5-20/h6,12-13,17H,2-5,7-10H2,1H3,(H,18,19,21)/t12-,13+. The van der Waals surface area contributed by atoms with Gasteiger partial charge in [-0.25, -0.2) is 0 Å². The van der Waals surface area contributed by atoms with Gasteiger partial charge < -0.3 is 20.1 Å². The molecule has 0 aliphatic carbocycles. The van der Waals surface area contributed by atoms with E-state index < -0.39 is 0 Å². The van der Waals surface area contributed by atoms with Crippen molar-refractivity contribution in [2.45, 2.75) is 19.8 Å². The number of aryl methyl sites for hydroxylation is 1. The summed E-state index contributed by atoms with van der Waals surface area (Å²) in [6, 6.07) is 1.66. The van der Waals surface area contributed by atoms with E-state index >= 15 is 0 Å². The van der Waals surface area contributed by atoms with E-state index in [2.05, 4.69) is 15.8 Å². The molecule has 1 aromatic rings. The summed E-state index contributed by atoms with van der Waals surface area (Å²) in [6.45, 7) is 5.62. The van der Waals surface area contributed by atoms with Crippen LogP contribution in [0.15, 0.2) is 10.6 Å². The molecule has 0 radical (unpaired) electrons. The minimum atomic E-state index is -0.169. The minimum Gasteiger partial charge on any atom is -0.360 e. The molecule has 0 spiro atoms. The minimum absolute atomic E-state index is 0.137. The van der Waals surface area contributed by atoms with Crippen LogP contribution in [0.2, 0.25) is 0 Å². The number of amides is 2. The monoisotopic (exact) mass is 352 g/mol. The third-order valence-corrected chi connectivity index (χ3v) is 5.64. The van der Waals surface area contributed by atoms with Crippen LogP contribution >= 0.6 is 11.8 Å². The number of hydrogen-bond donors (Lipinski definition) is 2. The SMILES string of the molecule is Cc1cc(NC(=O)CSCC(=O)N2CC[C@@H]3CNC[C@@H]3CC2)no1. The van der Waals surface area contributed by atoms with Gasteiger partial charge in [0.25, 0.3) is 0 Å². The highest BCUT2D eigenvalue weighted by Crippen LogP contribution is 2.27. The maximum Gasteiger partial charge on any atom is 0.235 e. The van der Waals surface area contributed by atoms with Gasteiger partial charge in [0.05, 0.1) is 11.5 Å². The fraction of sp³-hybridized carbons (Fsp3) is 0.688. The lowest BCUT2D eigenvalue weighted by Crippen LogP contribution is -2.34. The molecule has 2 saturated heterocycles. The van der Waals surface area contributed by atoms with E-state index in [0.717, 1.165) is 39.0 Å². The summed E-state index contributed by atoms with van der Waals surface area (Å²) in [5.41, 5.74) is 0. The van der Waals surface area contributed by atoms with Crippen LogP contribution in [0, 0.1) is 18.8 Å². The Balaban J connectivity index is 1.37. The molecule has 24 heavy (non-hydrogen) atoms. The molecule has 2 N–H and O–H groups in total. The van der Waals surface area contributed by atoms with E-state index in [1.165, 1.54) is 11.8 Å². The molecule has 0 saturated carbocycles. The molecule has 2 aliphatic rings. The Kier molecular flexibility index (Phi) is 5.78. The molecule has 1 aromatic heterocycles. The smallest absolute Gasteiger partial charge is 0.235 e. The first-order chi connectivity index (χ1) is 11.6. The zero-order valence-electron chi connectivity index (χ0n) is 13.9. The molecule has 7 nitrogen and oxygen atoms in total. The third-order valence-electron chi connectivity index (χ3n) is 4.73. The van der Waals surface area contributed by atoms with Crippen LogP contribution in [-0.2, 0) is 9.59 Å². The number of likely N-dealkylation sites (tertiary alicyclic amines) is 1. The quantitative estimate of drug-likeness (QED) is 0.825. The number of rotatable bonds is 5. The van der Waals surface area contributed by atoms with E-state index in [4.69, 9.17) is 4.52 Å². The number of thioether (sulfide) groups is 1. The van der Waals surface area contributed by atoms with Crippen molar-refractivity contribution in [3.8, 4) is 0 Å². The van der Waals surface area contributed by atoms with Crippen molar-refractivity contribution in [2.75, 3.05) is 43.0 Å². The van der Waals surface area contributed by atoms with Gasteiger partial charge in [-0.05, 0) is 44.7 Å². The predicted octanol–water partition coefficient (Wildman–Crippen LogP) is 1.11. The van der Waals surface area contributed by atoms with Gasteiger partial charge in [-0.2, -0.15) is 0 Å². The first kappa shape index (κ1) is 17.3. The van der Waals surface area contributed by atoms with Crippen molar-refractivity contribution in [2.24, 2.45) is 11.8 Å². The van der Waals surface area contributed by atoms with Gasteiger partial charge in [-0.15, -0.1) is 11.8 Å². The lowest BCUT2D eigenvalue weighted by Gasteiger charge is -2.20. The van der Waals surface area contributed by atoms with Crippen LogP contribution in [0.5, 0.6) is 0 Å². The lowest BCUT2D eigenvalue weighted by molar-refractivity contribution is -0.128. The highest BCUT2D eigenvalue weighted by Gasteiger charge is 2.31. The van der Waals surface area contributed by atoms with Crippen molar-refractivity contribution in [3.05, 3.63) is 11.8 Å². The second-order valence-electron chi connectivity index (χ2n) is 6.50. The number of fused-ring (bicyclic) bond motifs is 1. The number of carbonyl (C=O) groups is 2. The van der Waals surface area contributed by atoms with Gasteiger partial charge in [0.2, 0.25) is 11.8 Å². The van der Waals surface area contributed by atoms with Gasteiger partial charge in [-0.1, -0.05) is 5.16 Å². The van der Waals surface area contributed by atoms with E-state index in [-0.39, 0.29) is 17.6 Å². The van der Waals surface area contributed by atoms with Crippen molar-refractivity contribution in [3.63, 3.8) is 0 Å². The molecule has 8 heteroatoms. The summed E-state index contributed by atoms with van der Waals surface area (Å²) >= 11 is 1.34. The molecule has 3 rings (SSSR count). The molecule has 132 valence electrons. The maximum atomic E-state index is 12.3. The molecule has 0 unspecified atom stereocenters. The highest BCUT2D eigenvalue weighted by molar-refractivity contribution is 8.00. The summed E-state index contributed by atoms with van der Waals surface area (Å²) in [5.74, 6) is 3.04. The molecule has 2 amide bonds. The van der Waals surface area contributed by atoms with E-state index in [0.29, 0.717) is 29.2 Å². The lowest BCUT2D eigenvalue weighted by atomic mass is 9.92. The number of carbonyl (C=O) groups excluding carboxylic acids is 2. The Morgan fingerprint density at radius 3 is 2.67 bits per heavy atom. The third kappa shape index (κ3) is 4.51. The Labute approximate surface area is 145 Å². The van der Waals surface area contributed by atoms with Gasteiger partial charge in [0.15, 0.2) is 5.82 Å². The fourth-order valence-electron chi connectivity index (χ4n) is 3.39. The zero-order chi connectivity index (χ0) is 16.9. The van der Waals surface area contributed by atoms with Crippen LogP contribution in [0.1, 0.15) is 18.6 Å². The fourth-order valence-corrected chi connectivity index (χ4v) is 4.11. The second kappa shape index (κ2) is 8.02. The van der Waals surface area contributed by atoms with Crippen molar-refractivity contribution in [1.82, 2.24) is 15.4 Å². The molecule has 2 fully saturated rings. The second-order valence-corrected chi connectivity index (χ2v) is 7.49. The van der Waals surface area contributed by atoms with Gasteiger partial charge >= 0.3 is 0 Å². The molecule has 0 bridgehead atoms. The van der Waals surface area contributed by atoms with Crippen LogP contribution in [-0.4, -0.2) is 59.6 Å². The van der Waals surface area contributed by atoms with Crippen molar-refractivity contribution >= 4 is 29.4 Å².